The number of alkyl halides is 4. The van der Waals surface area contributed by atoms with E-state index in [2.05, 4.69) is 30.6 Å². The van der Waals surface area contributed by atoms with E-state index in [0.717, 1.165) is 42.8 Å². The first-order valence-electron chi connectivity index (χ1n) is 25.3. The zero-order chi connectivity index (χ0) is 62.8. The van der Waals surface area contributed by atoms with Crippen LogP contribution in [0, 0.1) is 10.8 Å². The van der Waals surface area contributed by atoms with Crippen LogP contribution in [0.5, 0.6) is 0 Å². The highest BCUT2D eigenvalue weighted by Gasteiger charge is 2.84. The van der Waals surface area contributed by atoms with Crippen LogP contribution in [0.25, 0.3) is 0 Å². The van der Waals surface area contributed by atoms with Crippen LogP contribution in [0.3, 0.4) is 0 Å². The van der Waals surface area contributed by atoms with Crippen LogP contribution in [0.4, 0.5) is 34.0 Å². The Morgan fingerprint density at radius 3 is 1.24 bits per heavy atom. The molecule has 4 aliphatic heterocycles. The Balaban J connectivity index is 0.000000163. The summed E-state index contributed by atoms with van der Waals surface area (Å²) in [5.74, 6) is -6.93. The van der Waals surface area contributed by atoms with E-state index >= 15 is 0 Å². The average Bonchev–Trinajstić information content (AvgIpc) is 1.61. The Hall–Kier alpha value is -7.38. The van der Waals surface area contributed by atoms with E-state index in [0.29, 0.717) is 0 Å². The molecule has 4 unspecified atom stereocenters. The van der Waals surface area contributed by atoms with Crippen molar-refractivity contribution >= 4 is 23.7 Å². The second kappa shape index (κ2) is 25.7. The van der Waals surface area contributed by atoms with Crippen molar-refractivity contribution in [2.45, 2.75) is 124 Å². The number of ether oxygens (including phenoxy) is 4. The maximum absolute atomic E-state index is 13.7. The molecular formula is C46H59F4N11O24. The van der Waals surface area contributed by atoms with Gasteiger partial charge in [0.25, 0.3) is 23.0 Å². The van der Waals surface area contributed by atoms with Gasteiger partial charge in [-0.15, -0.1) is 0 Å². The van der Waals surface area contributed by atoms with E-state index in [-0.39, 0.29) is 18.1 Å². The van der Waals surface area contributed by atoms with E-state index in [1.165, 1.54) is 43.5 Å². The van der Waals surface area contributed by atoms with Crippen molar-refractivity contribution < 1.29 is 107 Å². The fourth-order valence-electron chi connectivity index (χ4n) is 9.55. The van der Waals surface area contributed by atoms with E-state index in [9.17, 15) is 86.6 Å². The molecule has 8 heterocycles. The fourth-order valence-corrected chi connectivity index (χ4v) is 9.55. The molecule has 2 aliphatic carbocycles. The van der Waals surface area contributed by atoms with Crippen LogP contribution in [-0.2, 0) is 33.4 Å². The van der Waals surface area contributed by atoms with E-state index in [1.54, 1.807) is 6.92 Å². The topological polar surface area (TPSA) is 499 Å². The first-order chi connectivity index (χ1) is 40.0. The number of nitrogens with one attached hydrogen (secondary N) is 4. The number of halogens is 4. The third-order valence-corrected chi connectivity index (χ3v) is 14.4. The molecule has 14 N–H and O–H groups in total. The zero-order valence-corrected chi connectivity index (χ0v) is 44.5. The summed E-state index contributed by atoms with van der Waals surface area (Å²) < 4.78 is 79.2. The highest BCUT2D eigenvalue weighted by molar-refractivity contribution is 5.69. The minimum Gasteiger partial charge on any atom is -0.394 e. The van der Waals surface area contributed by atoms with E-state index in [4.69, 9.17) is 39.4 Å². The summed E-state index contributed by atoms with van der Waals surface area (Å²) in [4.78, 5) is 113. The minimum atomic E-state index is -3.20. The largest absolute Gasteiger partial charge is 0.433 e. The quantitative estimate of drug-likeness (QED) is 0.0437. The molecule has 4 saturated heterocycles. The number of aromatic amines is 2. The monoisotopic (exact) mass is 1230 g/mol. The Kier molecular flexibility index (Phi) is 19.7. The molecule has 35 nitrogen and oxygen atoms in total. The highest BCUT2D eigenvalue weighted by atomic mass is 19.3. The number of anilines is 2. The van der Waals surface area contributed by atoms with Gasteiger partial charge in [-0.05, 0) is 0 Å². The van der Waals surface area contributed by atoms with Gasteiger partial charge in [0.15, 0.2) is 36.5 Å². The molecular weight excluding hydrogens is 1170 g/mol. The van der Waals surface area contributed by atoms with Gasteiger partial charge in [0.2, 0.25) is 0 Å². The number of rotatable bonds is 13. The van der Waals surface area contributed by atoms with Gasteiger partial charge in [-0.1, -0.05) is 6.92 Å². The number of carbonyl (C=O) groups is 2. The summed E-state index contributed by atoms with van der Waals surface area (Å²) in [6.45, 7) is -0.682. The smallest absolute Gasteiger partial charge is 0.394 e. The molecule has 1 amide bonds. The highest BCUT2D eigenvalue weighted by Crippen LogP contribution is 2.72. The van der Waals surface area contributed by atoms with Gasteiger partial charge < -0.3 is 84.6 Å². The second-order valence-electron chi connectivity index (χ2n) is 19.9. The third kappa shape index (κ3) is 12.8. The van der Waals surface area contributed by atoms with Crippen molar-refractivity contribution in [1.29, 1.82) is 0 Å². The number of hydrogen-bond acceptors (Lipinski definition) is 28. The standard InChI is InChI=1S/C12H18N4O7.C12H17N3O7.2C11H12F2N2O5/c1-15(2)12(21)23-14-7-3-4-16(11(20)13-7)10-9(19)8(18)6(5-17)22-10;1-2-8(17)22-14-7-3-4-15(12(20)13-7)11-10(19)9(18)6(5-16)21-11;2*12-11(13)4-10(11)7(18)5(3-16)20-8(10)15-2-1-6(17)14-9(15)19/h3-4,6,8-10,17-19H,5H2,1-2H3,(H,13,14,20);3-4,6,9-11,16,18-19H,2,5H2,1H3,(H,13,14,20);2*1-2,5,7-8,16,18H,3-4H2,(H,14,17,19)/t6-,8+,9?,10-;6-,9+,10?,11-;2*5-,7+,8-,10?/m1111/s1. The van der Waals surface area contributed by atoms with Crippen LogP contribution in [0.2, 0.25) is 0 Å². The molecule has 4 aromatic rings. The van der Waals surface area contributed by atoms with Crippen molar-refractivity contribution in [3.8, 4) is 0 Å². The van der Waals surface area contributed by atoms with Gasteiger partial charge in [0.1, 0.15) is 59.7 Å². The lowest BCUT2D eigenvalue weighted by Gasteiger charge is -2.21. The Morgan fingerprint density at radius 1 is 0.588 bits per heavy atom. The fraction of sp³-hybridized carbons (Fsp3) is 0.609. The Morgan fingerprint density at radius 2 is 0.941 bits per heavy atom. The number of aliphatic hydroxyl groups excluding tert-OH is 10. The van der Waals surface area contributed by atoms with Crippen molar-refractivity contribution in [1.82, 2.24) is 43.1 Å². The van der Waals surface area contributed by atoms with Crippen LogP contribution < -0.4 is 44.8 Å². The van der Waals surface area contributed by atoms with Gasteiger partial charge in [-0.25, -0.2) is 51.8 Å². The summed E-state index contributed by atoms with van der Waals surface area (Å²) in [7, 11) is 2.97. The Labute approximate surface area is 470 Å². The van der Waals surface area contributed by atoms with Gasteiger partial charge in [0.05, 0.1) is 38.6 Å². The lowest BCUT2D eigenvalue weighted by atomic mass is 9.95. The van der Waals surface area contributed by atoms with Crippen molar-refractivity contribution in [3.05, 3.63) is 112 Å². The normalized spacial score (nSPS) is 32.4. The molecule has 6 fully saturated rings. The Bertz CT molecular complexity index is 3290. The molecule has 470 valence electrons. The molecule has 4 aromatic heterocycles. The number of aromatic nitrogens is 8. The molecule has 10 rings (SSSR count). The average molecular weight is 1230 g/mol. The molecule has 6 aliphatic rings. The molecule has 0 bridgehead atoms. The molecule has 85 heavy (non-hydrogen) atoms. The minimum absolute atomic E-state index is 0.00907. The van der Waals surface area contributed by atoms with Crippen LogP contribution in [0.15, 0.2) is 77.8 Å². The lowest BCUT2D eigenvalue weighted by molar-refractivity contribution is -0.140. The molecule has 16 atom stereocenters. The third-order valence-electron chi connectivity index (χ3n) is 14.4. The maximum atomic E-state index is 13.7. The predicted octanol–water partition coefficient (Wildman–Crippen LogP) is -6.36. The lowest BCUT2D eigenvalue weighted by Crippen LogP contribution is -2.38. The molecule has 39 heteroatoms. The molecule has 0 radical (unpaired) electrons. The summed E-state index contributed by atoms with van der Waals surface area (Å²) in [6, 6.07) is 4.65. The van der Waals surface area contributed by atoms with Gasteiger partial charge in [-0.2, -0.15) is 15.4 Å². The first kappa shape index (κ1) is 65.2. The SMILES string of the molecule is CCC(=O)ONc1ccn([C@@H]2O[C@H](CO)[C@H](O)C2O)c(=O)n1.CN(C)C(=O)ONc1ccn([C@@H]2O[C@H](CO)[C@H](O)C2O)c(=O)n1.O=c1ccn([C@@H]2O[C@H](CO)[C@H](O)C23CC3(F)F)c(=O)[nH]1.O=c1ccn([C@@H]2O[C@H](CO)[C@H](O)C23CC3(F)F)c(=O)[nH]1. The van der Waals surface area contributed by atoms with Gasteiger partial charge in [-0.3, -0.25) is 37.8 Å². The number of H-pyrrole nitrogens is 2. The molecule has 2 spiro atoms. The van der Waals surface area contributed by atoms with E-state index in [1.807, 2.05) is 9.97 Å². The van der Waals surface area contributed by atoms with Gasteiger partial charge in [0, 0.05) is 82.4 Å². The van der Waals surface area contributed by atoms with E-state index < -0.39 is 194 Å². The summed E-state index contributed by atoms with van der Waals surface area (Å²) in [5, 5.41) is 95.2. The van der Waals surface area contributed by atoms with Crippen LogP contribution in [0.1, 0.15) is 51.1 Å². The number of hydrogen-bond donors (Lipinski definition) is 14. The summed E-state index contributed by atoms with van der Waals surface area (Å²) in [5.41, 5.74) is -4.17. The molecule has 0 aromatic carbocycles. The predicted molar refractivity (Wildman–Crippen MR) is 267 cm³/mol. The van der Waals surface area contributed by atoms with Crippen molar-refractivity contribution in [2.75, 3.05) is 51.5 Å². The maximum Gasteiger partial charge on any atom is 0.433 e. The zero-order valence-electron chi connectivity index (χ0n) is 44.5. The first-order valence-corrected chi connectivity index (χ1v) is 25.3. The van der Waals surface area contributed by atoms with Crippen LogP contribution >= 0.6 is 0 Å². The molecule has 2 saturated carbocycles. The van der Waals surface area contributed by atoms with Crippen LogP contribution in [-0.4, -0.2) is 220 Å². The second-order valence-corrected chi connectivity index (χ2v) is 19.9. The summed E-state index contributed by atoms with van der Waals surface area (Å²) in [6.07, 6.45) is -15.4. The van der Waals surface area contributed by atoms with Crippen molar-refractivity contribution in [2.24, 2.45) is 10.8 Å². The number of aliphatic hydroxyl groups is 10. The number of amides is 1. The summed E-state index contributed by atoms with van der Waals surface area (Å²) >= 11 is 0. The van der Waals surface area contributed by atoms with Gasteiger partial charge >= 0.3 is 34.8 Å². The van der Waals surface area contributed by atoms with Crippen molar-refractivity contribution in [3.63, 3.8) is 0 Å². The number of carbonyl (C=O) groups excluding carboxylic acids is 2. The number of nitrogens with zero attached hydrogens (tertiary/aromatic N) is 7.